The van der Waals surface area contributed by atoms with E-state index < -0.39 is 0 Å². The number of carbonyl (C=O) groups is 1. The average Bonchev–Trinajstić information content (AvgIpc) is 3.08. The minimum absolute atomic E-state index is 0.0157. The summed E-state index contributed by atoms with van der Waals surface area (Å²) in [6, 6.07) is 7.95. The maximum atomic E-state index is 12.3. The molecule has 0 aliphatic carbocycles. The van der Waals surface area contributed by atoms with Crippen molar-refractivity contribution < 1.29 is 9.53 Å². The first-order chi connectivity index (χ1) is 12.1. The molecular formula is C18H25N5O2. The van der Waals surface area contributed by atoms with E-state index in [0.717, 1.165) is 30.9 Å². The van der Waals surface area contributed by atoms with Crippen LogP contribution in [0.3, 0.4) is 0 Å². The Kier molecular flexibility index (Phi) is 5.65. The summed E-state index contributed by atoms with van der Waals surface area (Å²) in [5, 5.41) is 7.09. The molecule has 2 atom stereocenters. The average molecular weight is 343 g/mol. The topological polar surface area (TPSA) is 72.3 Å². The zero-order valence-corrected chi connectivity index (χ0v) is 14.8. The third-order valence-corrected chi connectivity index (χ3v) is 4.20. The number of nitrogens with zero attached hydrogens (tertiary/aromatic N) is 4. The van der Waals surface area contributed by atoms with Crippen LogP contribution in [0.1, 0.15) is 26.7 Å². The second-order valence-electron chi connectivity index (χ2n) is 6.49. The van der Waals surface area contributed by atoms with Crippen LogP contribution in [0.4, 0.5) is 11.4 Å². The monoisotopic (exact) mass is 343 g/mol. The van der Waals surface area contributed by atoms with E-state index in [1.54, 1.807) is 11.0 Å². The molecule has 134 valence electrons. The molecule has 1 saturated heterocycles. The van der Waals surface area contributed by atoms with Gasteiger partial charge in [-0.2, -0.15) is 5.10 Å². The molecule has 0 radical (unpaired) electrons. The number of para-hydroxylation sites is 2. The lowest BCUT2D eigenvalue weighted by atomic mass is 10.1. The van der Waals surface area contributed by atoms with E-state index in [1.165, 1.54) is 6.33 Å². The van der Waals surface area contributed by atoms with Gasteiger partial charge in [-0.3, -0.25) is 9.48 Å². The van der Waals surface area contributed by atoms with Crippen molar-refractivity contribution in [2.75, 3.05) is 23.3 Å². The summed E-state index contributed by atoms with van der Waals surface area (Å²) in [6.45, 7) is 6.49. The second-order valence-corrected chi connectivity index (χ2v) is 6.49. The van der Waals surface area contributed by atoms with Gasteiger partial charge in [-0.25, -0.2) is 4.98 Å². The number of amides is 1. The third-order valence-electron chi connectivity index (χ3n) is 4.20. The molecule has 1 N–H and O–H groups in total. The number of morpholine rings is 1. The molecular weight excluding hydrogens is 318 g/mol. The Morgan fingerprint density at radius 3 is 2.76 bits per heavy atom. The van der Waals surface area contributed by atoms with E-state index in [1.807, 2.05) is 18.2 Å². The van der Waals surface area contributed by atoms with Crippen LogP contribution in [0, 0.1) is 0 Å². The van der Waals surface area contributed by atoms with Crippen molar-refractivity contribution in [3.63, 3.8) is 0 Å². The molecule has 2 unspecified atom stereocenters. The maximum absolute atomic E-state index is 12.3. The highest BCUT2D eigenvalue weighted by Crippen LogP contribution is 2.28. The van der Waals surface area contributed by atoms with Gasteiger partial charge < -0.3 is 15.0 Å². The molecule has 25 heavy (non-hydrogen) atoms. The molecule has 1 aromatic heterocycles. The molecule has 0 spiro atoms. The first-order valence-electron chi connectivity index (χ1n) is 8.73. The first kappa shape index (κ1) is 17.4. The lowest BCUT2D eigenvalue weighted by molar-refractivity contribution is -0.116. The van der Waals surface area contributed by atoms with Crippen molar-refractivity contribution in [1.82, 2.24) is 14.8 Å². The quantitative estimate of drug-likeness (QED) is 0.871. The predicted octanol–water partition coefficient (Wildman–Crippen LogP) is 2.31. The SMILES string of the molecule is CC1CN(c2ccccc2NC(=O)CCCn2cncn2)CC(C)O1. The minimum atomic E-state index is 0.0157. The molecule has 1 amide bonds. The summed E-state index contributed by atoms with van der Waals surface area (Å²) >= 11 is 0. The van der Waals surface area contributed by atoms with Crippen LogP contribution in [0.2, 0.25) is 0 Å². The lowest BCUT2D eigenvalue weighted by Gasteiger charge is -2.37. The summed E-state index contributed by atoms with van der Waals surface area (Å²) in [7, 11) is 0. The number of carbonyl (C=O) groups excluding carboxylic acids is 1. The minimum Gasteiger partial charge on any atom is -0.372 e. The van der Waals surface area contributed by atoms with Crippen molar-refractivity contribution in [3.8, 4) is 0 Å². The van der Waals surface area contributed by atoms with E-state index >= 15 is 0 Å². The van der Waals surface area contributed by atoms with Crippen LogP contribution >= 0.6 is 0 Å². The largest absolute Gasteiger partial charge is 0.372 e. The van der Waals surface area contributed by atoms with E-state index in [0.29, 0.717) is 13.0 Å². The molecule has 1 aromatic carbocycles. The zero-order chi connectivity index (χ0) is 17.6. The molecule has 0 saturated carbocycles. The van der Waals surface area contributed by atoms with Crippen LogP contribution in [-0.2, 0) is 16.1 Å². The van der Waals surface area contributed by atoms with Gasteiger partial charge in [0.15, 0.2) is 0 Å². The summed E-state index contributed by atoms with van der Waals surface area (Å²) in [5.74, 6) is 0.0157. The van der Waals surface area contributed by atoms with E-state index in [2.05, 4.69) is 40.2 Å². The van der Waals surface area contributed by atoms with E-state index in [-0.39, 0.29) is 18.1 Å². The number of nitrogens with one attached hydrogen (secondary N) is 1. The second kappa shape index (κ2) is 8.11. The normalized spacial score (nSPS) is 20.5. The summed E-state index contributed by atoms with van der Waals surface area (Å²) < 4.78 is 7.54. The zero-order valence-electron chi connectivity index (χ0n) is 14.8. The first-order valence-corrected chi connectivity index (χ1v) is 8.73. The van der Waals surface area contributed by atoms with Crippen molar-refractivity contribution >= 4 is 17.3 Å². The highest BCUT2D eigenvalue weighted by Gasteiger charge is 2.24. The predicted molar refractivity (Wildman–Crippen MR) is 96.5 cm³/mol. The molecule has 7 heteroatoms. The Morgan fingerprint density at radius 2 is 2.04 bits per heavy atom. The summed E-state index contributed by atoms with van der Waals surface area (Å²) in [5.41, 5.74) is 1.91. The van der Waals surface area contributed by atoms with Crippen molar-refractivity contribution in [3.05, 3.63) is 36.9 Å². The van der Waals surface area contributed by atoms with Gasteiger partial charge in [0.05, 0.1) is 23.6 Å². The highest BCUT2D eigenvalue weighted by molar-refractivity contribution is 5.94. The van der Waals surface area contributed by atoms with Crippen LogP contribution in [0.25, 0.3) is 0 Å². The number of hydrogen-bond acceptors (Lipinski definition) is 5. The molecule has 2 aromatic rings. The van der Waals surface area contributed by atoms with Crippen molar-refractivity contribution in [1.29, 1.82) is 0 Å². The van der Waals surface area contributed by atoms with Crippen molar-refractivity contribution in [2.24, 2.45) is 0 Å². The van der Waals surface area contributed by atoms with E-state index in [9.17, 15) is 4.79 Å². The fourth-order valence-electron chi connectivity index (χ4n) is 3.19. The molecule has 1 aliphatic heterocycles. The number of aromatic nitrogens is 3. The Labute approximate surface area is 148 Å². The number of anilines is 2. The molecule has 3 rings (SSSR count). The third kappa shape index (κ3) is 4.79. The highest BCUT2D eigenvalue weighted by atomic mass is 16.5. The Morgan fingerprint density at radius 1 is 1.28 bits per heavy atom. The molecule has 2 heterocycles. The van der Waals surface area contributed by atoms with Crippen LogP contribution < -0.4 is 10.2 Å². The van der Waals surface area contributed by atoms with Gasteiger partial charge in [0.1, 0.15) is 12.7 Å². The number of benzene rings is 1. The van der Waals surface area contributed by atoms with Gasteiger partial charge in [0.25, 0.3) is 0 Å². The van der Waals surface area contributed by atoms with Gasteiger partial charge in [-0.1, -0.05) is 12.1 Å². The Balaban J connectivity index is 1.59. The fourth-order valence-corrected chi connectivity index (χ4v) is 3.19. The number of hydrogen-bond donors (Lipinski definition) is 1. The number of rotatable bonds is 6. The van der Waals surface area contributed by atoms with Gasteiger partial charge in [-0.05, 0) is 32.4 Å². The molecule has 1 fully saturated rings. The van der Waals surface area contributed by atoms with Gasteiger partial charge in [0.2, 0.25) is 5.91 Å². The molecule has 7 nitrogen and oxygen atoms in total. The smallest absolute Gasteiger partial charge is 0.224 e. The summed E-state index contributed by atoms with van der Waals surface area (Å²) in [4.78, 5) is 18.5. The van der Waals surface area contributed by atoms with Crippen molar-refractivity contribution in [2.45, 2.75) is 45.4 Å². The van der Waals surface area contributed by atoms with Gasteiger partial charge >= 0.3 is 0 Å². The lowest BCUT2D eigenvalue weighted by Crippen LogP contribution is -2.45. The van der Waals surface area contributed by atoms with Crippen LogP contribution in [0.5, 0.6) is 0 Å². The van der Waals surface area contributed by atoms with Crippen LogP contribution in [0.15, 0.2) is 36.9 Å². The van der Waals surface area contributed by atoms with Gasteiger partial charge in [-0.15, -0.1) is 0 Å². The molecule has 1 aliphatic rings. The Bertz CT molecular complexity index is 679. The maximum Gasteiger partial charge on any atom is 0.224 e. The Hall–Kier alpha value is -2.41. The molecule has 0 bridgehead atoms. The standard InChI is InChI=1S/C18H25N5O2/c1-14-10-22(11-15(2)25-14)17-7-4-3-6-16(17)21-18(24)8-5-9-23-13-19-12-20-23/h3-4,6-7,12-15H,5,8-11H2,1-2H3,(H,21,24). The van der Waals surface area contributed by atoms with E-state index in [4.69, 9.17) is 4.74 Å². The number of ether oxygens (including phenoxy) is 1. The fraction of sp³-hybridized carbons (Fsp3) is 0.500. The number of aryl methyl sites for hydroxylation is 1. The van der Waals surface area contributed by atoms with Crippen LogP contribution in [-0.4, -0.2) is 46.0 Å². The summed E-state index contributed by atoms with van der Waals surface area (Å²) in [6.07, 6.45) is 4.69. The van der Waals surface area contributed by atoms with Gasteiger partial charge in [0, 0.05) is 26.1 Å².